The summed E-state index contributed by atoms with van der Waals surface area (Å²) in [5, 5.41) is 0. The van der Waals surface area contributed by atoms with Gasteiger partial charge < -0.3 is 9.64 Å². The monoisotopic (exact) mass is 469 g/mol. The number of unbranched alkanes of at least 4 members (excludes halogenated alkanes) is 11. The van der Waals surface area contributed by atoms with Gasteiger partial charge in [-0.2, -0.15) is 8.62 Å². The molecular weight excluding hydrogens is 428 g/mol. The molecule has 10 heteroatoms. The molecule has 0 N–H and O–H groups in total. The van der Waals surface area contributed by atoms with E-state index in [0.717, 1.165) is 12.8 Å². The van der Waals surface area contributed by atoms with Gasteiger partial charge in [-0.05, 0) is 13.5 Å². The smallest absolute Gasteiger partial charge is 0.379 e. The number of fused-ring (bicyclic) bond motifs is 6. The predicted molar refractivity (Wildman–Crippen MR) is 118 cm³/mol. The summed E-state index contributed by atoms with van der Waals surface area (Å²) in [5.41, 5.74) is 0. The molecule has 0 aromatic heterocycles. The van der Waals surface area contributed by atoms with Gasteiger partial charge in [0, 0.05) is 19.7 Å². The summed E-state index contributed by atoms with van der Waals surface area (Å²) in [5.74, 6) is 0. The van der Waals surface area contributed by atoms with E-state index < -0.39 is 21.7 Å². The molecule has 0 aliphatic carbocycles. The van der Waals surface area contributed by atoms with Gasteiger partial charge in [0.1, 0.15) is 6.10 Å². The Morgan fingerprint density at radius 2 is 1.43 bits per heavy atom. The van der Waals surface area contributed by atoms with E-state index in [0.29, 0.717) is 26.3 Å². The van der Waals surface area contributed by atoms with E-state index in [2.05, 4.69) is 6.92 Å². The molecule has 0 aromatic rings. The fraction of sp³-hybridized carbons (Fsp3) is 1.00. The number of hydrogen-bond acceptors (Lipinski definition) is 8. The van der Waals surface area contributed by atoms with E-state index in [1.54, 1.807) is 0 Å². The Hall–Kier alpha value is 0.220. The molecular formula is C20H41NO7P2. The molecule has 3 aliphatic heterocycles. The van der Waals surface area contributed by atoms with Crippen molar-refractivity contribution in [3.05, 3.63) is 0 Å². The lowest BCUT2D eigenvalue weighted by atomic mass is 10.1. The van der Waals surface area contributed by atoms with Gasteiger partial charge in [0.15, 0.2) is 0 Å². The number of nitrogens with zero attached hydrogens (tertiary/aromatic N) is 1. The fourth-order valence-electron chi connectivity index (χ4n) is 3.64. The molecule has 1 atom stereocenters. The molecule has 0 radical (unpaired) electrons. The average molecular weight is 469 g/mol. The zero-order valence-corrected chi connectivity index (χ0v) is 20.6. The van der Waals surface area contributed by atoms with Gasteiger partial charge in [0.2, 0.25) is 0 Å². The van der Waals surface area contributed by atoms with Crippen molar-refractivity contribution in [2.45, 2.75) is 90.1 Å². The summed E-state index contributed by atoms with van der Waals surface area (Å²) in [6, 6.07) is 0. The standard InChI is InChI=1S/C20H41NO7P2/c1-3-4-5-6-7-8-9-10-11-12-13-14-16-24-19-20-18-21(2)15-17-25-29(22)27-30(23,26-20)28-29/h20H,3-19H2,1-2H3. The average Bonchev–Trinajstić information content (AvgIpc) is 2.66. The Kier molecular flexibility index (Phi) is 12.7. The van der Waals surface area contributed by atoms with Gasteiger partial charge in [0.25, 0.3) is 0 Å². The van der Waals surface area contributed by atoms with Crippen LogP contribution in [-0.2, 0) is 31.5 Å². The Bertz CT molecular complexity index is 549. The quantitative estimate of drug-likeness (QED) is 0.157. The number of hydrogen-bond donors (Lipinski definition) is 0. The molecule has 30 heavy (non-hydrogen) atoms. The summed E-state index contributed by atoms with van der Waals surface area (Å²) >= 11 is 0. The van der Waals surface area contributed by atoms with Crippen LogP contribution in [-0.4, -0.2) is 51.0 Å². The maximum atomic E-state index is 12.2. The molecule has 0 amide bonds. The normalized spacial score (nSPS) is 30.1. The van der Waals surface area contributed by atoms with E-state index >= 15 is 0 Å². The number of phosphoric acid groups is 2. The maximum Gasteiger partial charge on any atom is 0.493 e. The second kappa shape index (κ2) is 14.4. The van der Waals surface area contributed by atoms with E-state index in [4.69, 9.17) is 22.4 Å². The predicted octanol–water partition coefficient (Wildman–Crippen LogP) is 6.31. The molecule has 3 heterocycles. The first kappa shape index (κ1) is 26.5. The summed E-state index contributed by atoms with van der Waals surface area (Å²) in [4.78, 5) is 1.96. The minimum absolute atomic E-state index is 0.181. The van der Waals surface area contributed by atoms with Crippen molar-refractivity contribution in [3.63, 3.8) is 0 Å². The maximum absolute atomic E-state index is 12.2. The third-order valence-electron chi connectivity index (χ3n) is 5.36. The van der Waals surface area contributed by atoms with E-state index in [1.807, 2.05) is 11.9 Å². The molecule has 3 fully saturated rings. The van der Waals surface area contributed by atoms with Gasteiger partial charge in [-0.3, -0.25) is 9.05 Å². The van der Waals surface area contributed by atoms with Crippen molar-refractivity contribution in [2.75, 3.05) is 40.0 Å². The van der Waals surface area contributed by atoms with Crippen LogP contribution in [0.2, 0.25) is 0 Å². The Morgan fingerprint density at radius 1 is 0.867 bits per heavy atom. The van der Waals surface area contributed by atoms with Crippen LogP contribution in [0.3, 0.4) is 0 Å². The summed E-state index contributed by atoms with van der Waals surface area (Å²) < 4.78 is 50.0. The number of likely N-dealkylation sites (N-methyl/N-ethyl adjacent to an activating group) is 1. The van der Waals surface area contributed by atoms with Crippen LogP contribution in [0.25, 0.3) is 0 Å². The topological polar surface area (TPSA) is 83.5 Å². The van der Waals surface area contributed by atoms with Crippen molar-refractivity contribution in [1.82, 2.24) is 4.90 Å². The number of ether oxygens (including phenoxy) is 1. The van der Waals surface area contributed by atoms with Gasteiger partial charge in [0.05, 0.1) is 13.2 Å². The molecule has 3 rings (SSSR count). The van der Waals surface area contributed by atoms with E-state index in [1.165, 1.54) is 64.2 Å². The molecule has 0 saturated carbocycles. The van der Waals surface area contributed by atoms with Crippen molar-refractivity contribution in [2.24, 2.45) is 0 Å². The lowest BCUT2D eigenvalue weighted by Crippen LogP contribution is -2.37. The van der Waals surface area contributed by atoms with Crippen LogP contribution >= 0.6 is 15.6 Å². The Balaban J connectivity index is 1.47. The SMILES string of the molecule is CCCCCCCCCCCCCCOCC1CN(C)CCOP2(=O)OP(=O)(O1)O2. The van der Waals surface area contributed by atoms with Crippen LogP contribution < -0.4 is 0 Å². The minimum Gasteiger partial charge on any atom is -0.379 e. The van der Waals surface area contributed by atoms with E-state index in [-0.39, 0.29) is 6.61 Å². The zero-order chi connectivity index (χ0) is 21.7. The van der Waals surface area contributed by atoms with Crippen molar-refractivity contribution in [3.8, 4) is 0 Å². The third kappa shape index (κ3) is 10.7. The highest BCUT2D eigenvalue weighted by atomic mass is 31.3. The van der Waals surface area contributed by atoms with Crippen molar-refractivity contribution >= 4 is 15.6 Å². The number of rotatable bonds is 15. The van der Waals surface area contributed by atoms with Gasteiger partial charge in [-0.15, -0.1) is 0 Å². The Morgan fingerprint density at radius 3 is 2.03 bits per heavy atom. The first-order chi connectivity index (χ1) is 14.4. The zero-order valence-electron chi connectivity index (χ0n) is 18.8. The largest absolute Gasteiger partial charge is 0.493 e. The minimum atomic E-state index is -3.79. The second-order valence-corrected chi connectivity index (χ2v) is 11.9. The summed E-state index contributed by atoms with van der Waals surface area (Å²) in [7, 11) is -5.59. The summed E-state index contributed by atoms with van der Waals surface area (Å²) in [6.45, 7) is 4.43. The van der Waals surface area contributed by atoms with Crippen LogP contribution in [0.5, 0.6) is 0 Å². The molecule has 3 aliphatic rings. The molecule has 0 aromatic carbocycles. The molecule has 1 unspecified atom stereocenters. The lowest BCUT2D eigenvalue weighted by Gasteiger charge is -2.36. The second-order valence-electron chi connectivity index (χ2n) is 8.34. The fourth-order valence-corrected chi connectivity index (χ4v) is 7.13. The highest BCUT2D eigenvalue weighted by Crippen LogP contribution is 2.83. The van der Waals surface area contributed by atoms with Crippen LogP contribution in [0.4, 0.5) is 0 Å². The molecule has 178 valence electrons. The summed E-state index contributed by atoms with van der Waals surface area (Å²) in [6.07, 6.45) is 15.2. The molecule has 2 bridgehead atoms. The van der Waals surface area contributed by atoms with Crippen molar-refractivity contribution in [1.29, 1.82) is 0 Å². The first-order valence-corrected chi connectivity index (χ1v) is 14.6. The highest BCUT2D eigenvalue weighted by molar-refractivity contribution is 7.75. The first-order valence-electron chi connectivity index (χ1n) is 11.7. The van der Waals surface area contributed by atoms with Crippen LogP contribution in [0.1, 0.15) is 84.0 Å². The molecule has 3 saturated heterocycles. The molecule has 8 nitrogen and oxygen atoms in total. The van der Waals surface area contributed by atoms with Gasteiger partial charge in [-0.25, -0.2) is 9.13 Å². The third-order valence-corrected chi connectivity index (χ3v) is 9.62. The van der Waals surface area contributed by atoms with Crippen LogP contribution in [0, 0.1) is 0 Å². The van der Waals surface area contributed by atoms with Crippen molar-refractivity contribution < 1.29 is 31.5 Å². The molecule has 0 spiro atoms. The highest BCUT2D eigenvalue weighted by Gasteiger charge is 2.58. The Labute approximate surface area is 182 Å². The van der Waals surface area contributed by atoms with Crippen LogP contribution in [0.15, 0.2) is 0 Å². The van der Waals surface area contributed by atoms with Gasteiger partial charge >= 0.3 is 15.6 Å². The lowest BCUT2D eigenvalue weighted by molar-refractivity contribution is -0.00486. The van der Waals surface area contributed by atoms with E-state index in [9.17, 15) is 9.13 Å². The van der Waals surface area contributed by atoms with Gasteiger partial charge in [-0.1, -0.05) is 77.6 Å².